The molecular formula is C28H33N7OS. The van der Waals surface area contributed by atoms with Crippen LogP contribution in [-0.4, -0.2) is 53.5 Å². The molecule has 0 radical (unpaired) electrons. The van der Waals surface area contributed by atoms with Crippen LogP contribution in [0.4, 0.5) is 11.5 Å². The van der Waals surface area contributed by atoms with Gasteiger partial charge in [-0.2, -0.15) is 5.11 Å². The maximum absolute atomic E-state index is 13.4. The highest BCUT2D eigenvalue weighted by molar-refractivity contribution is 7.18. The quantitative estimate of drug-likeness (QED) is 0.415. The molecule has 2 aliphatic rings. The molecule has 0 aliphatic carbocycles. The van der Waals surface area contributed by atoms with E-state index in [2.05, 4.69) is 50.9 Å². The zero-order valence-corrected chi connectivity index (χ0v) is 22.2. The zero-order valence-electron chi connectivity index (χ0n) is 21.3. The maximum atomic E-state index is 13.4. The van der Waals surface area contributed by atoms with E-state index in [0.29, 0.717) is 26.1 Å². The molecule has 0 atom stereocenters. The average Bonchev–Trinajstić information content (AvgIpc) is 3.37. The highest BCUT2D eigenvalue weighted by Crippen LogP contribution is 2.31. The molecule has 9 heteroatoms. The molecule has 0 N–H and O–H groups in total. The van der Waals surface area contributed by atoms with Gasteiger partial charge in [0.15, 0.2) is 0 Å². The van der Waals surface area contributed by atoms with Gasteiger partial charge in [-0.25, -0.2) is 15.0 Å². The lowest BCUT2D eigenvalue weighted by atomic mass is 10.1. The van der Waals surface area contributed by atoms with Crippen LogP contribution in [0.3, 0.4) is 0 Å². The van der Waals surface area contributed by atoms with Crippen molar-refractivity contribution in [2.75, 3.05) is 42.6 Å². The van der Waals surface area contributed by atoms with Gasteiger partial charge in [-0.15, -0.1) is 11.3 Å². The van der Waals surface area contributed by atoms with Gasteiger partial charge in [0.25, 0.3) is 0 Å². The van der Waals surface area contributed by atoms with Crippen LogP contribution in [0.5, 0.6) is 0 Å². The number of anilines is 2. The fourth-order valence-corrected chi connectivity index (χ4v) is 5.71. The molecule has 0 bridgehead atoms. The highest BCUT2D eigenvalue weighted by Gasteiger charge is 2.25. The summed E-state index contributed by atoms with van der Waals surface area (Å²) in [5, 5.41) is 11.7. The van der Waals surface area contributed by atoms with Crippen molar-refractivity contribution in [1.82, 2.24) is 14.9 Å². The van der Waals surface area contributed by atoms with Crippen molar-refractivity contribution in [3.63, 3.8) is 0 Å². The normalized spacial score (nSPS) is 17.9. The molecule has 3 aromatic rings. The number of thiophene rings is 1. The molecule has 192 valence electrons. The number of benzene rings is 1. The van der Waals surface area contributed by atoms with Crippen LogP contribution in [0, 0.1) is 0 Å². The second kappa shape index (κ2) is 11.6. The van der Waals surface area contributed by atoms with Gasteiger partial charge in [-0.05, 0) is 43.4 Å². The molecule has 1 fully saturated rings. The van der Waals surface area contributed by atoms with E-state index < -0.39 is 0 Å². The number of hydrogen-bond acceptors (Lipinski definition) is 8. The maximum Gasteiger partial charge on any atom is 0.227 e. The Labute approximate surface area is 222 Å². The number of hydrogen-bond donors (Lipinski definition) is 0. The van der Waals surface area contributed by atoms with Crippen LogP contribution in [0.2, 0.25) is 0 Å². The van der Waals surface area contributed by atoms with Crippen molar-refractivity contribution in [2.24, 2.45) is 10.3 Å². The first-order valence-corrected chi connectivity index (χ1v) is 13.8. The number of amides is 1. The Hall–Kier alpha value is -3.59. The third-order valence-corrected chi connectivity index (χ3v) is 8.03. The number of carbonyl (C=O) groups excluding carboxylic acids is 1. The monoisotopic (exact) mass is 515 g/mol. The molecule has 4 heterocycles. The lowest BCUT2D eigenvalue weighted by molar-refractivity contribution is -0.130. The summed E-state index contributed by atoms with van der Waals surface area (Å²) in [6, 6.07) is 10.2. The molecule has 2 aliphatic heterocycles. The van der Waals surface area contributed by atoms with Crippen molar-refractivity contribution in [3.05, 3.63) is 71.5 Å². The van der Waals surface area contributed by atoms with E-state index in [1.54, 1.807) is 17.7 Å². The second-order valence-corrected chi connectivity index (χ2v) is 10.4. The summed E-state index contributed by atoms with van der Waals surface area (Å²) in [4.78, 5) is 29.0. The van der Waals surface area contributed by atoms with Gasteiger partial charge >= 0.3 is 0 Å². The SMILES string of the molecule is C=C1CCC/C=C\CN=NN1c1ccccc1CC(=O)N1CCN(c2ncnc3sc(CC)cc23)CC1. The first kappa shape index (κ1) is 25.1. The van der Waals surface area contributed by atoms with Gasteiger partial charge in [-0.1, -0.05) is 49.1 Å². The number of allylic oxidation sites excluding steroid dienone is 2. The minimum Gasteiger partial charge on any atom is -0.352 e. The van der Waals surface area contributed by atoms with E-state index in [4.69, 9.17) is 0 Å². The molecule has 0 unspecified atom stereocenters. The summed E-state index contributed by atoms with van der Waals surface area (Å²) in [6.45, 7) is 9.80. The lowest BCUT2D eigenvalue weighted by Gasteiger charge is -2.36. The van der Waals surface area contributed by atoms with Crippen molar-refractivity contribution in [1.29, 1.82) is 0 Å². The number of aromatic nitrogens is 2. The fourth-order valence-electron chi connectivity index (χ4n) is 4.78. The van der Waals surface area contributed by atoms with Crippen LogP contribution in [0.1, 0.15) is 36.6 Å². The van der Waals surface area contributed by atoms with Crippen LogP contribution in [-0.2, 0) is 17.6 Å². The topological polar surface area (TPSA) is 77.3 Å². The Morgan fingerprint density at radius 1 is 1.11 bits per heavy atom. The third kappa shape index (κ3) is 5.72. The molecule has 1 amide bonds. The standard InChI is InChI=1S/C28H33N7OS/c1-3-23-19-24-27(29-20-30-28(24)37-23)34-16-14-33(15-17-34)26(36)18-22-11-7-8-12-25(22)35-21(2)10-6-4-5-9-13-31-32-35/h5,7-9,11-12,19-20H,2-4,6,10,13-18H2,1H3/b9-5-,32-31?. The van der Waals surface area contributed by atoms with Crippen molar-refractivity contribution in [3.8, 4) is 0 Å². The van der Waals surface area contributed by atoms with Crippen LogP contribution < -0.4 is 9.91 Å². The Morgan fingerprint density at radius 3 is 2.78 bits per heavy atom. The van der Waals surface area contributed by atoms with Crippen molar-refractivity contribution < 1.29 is 4.79 Å². The Kier molecular flexibility index (Phi) is 7.89. The highest BCUT2D eigenvalue weighted by atomic mass is 32.1. The van der Waals surface area contributed by atoms with Gasteiger partial charge < -0.3 is 9.80 Å². The van der Waals surface area contributed by atoms with E-state index in [-0.39, 0.29) is 5.91 Å². The number of rotatable bonds is 5. The van der Waals surface area contributed by atoms with Gasteiger partial charge in [0.05, 0.1) is 24.0 Å². The molecule has 5 rings (SSSR count). The van der Waals surface area contributed by atoms with E-state index in [0.717, 1.165) is 71.8 Å². The predicted octanol–water partition coefficient (Wildman–Crippen LogP) is 5.57. The Morgan fingerprint density at radius 2 is 1.95 bits per heavy atom. The van der Waals surface area contributed by atoms with E-state index in [1.165, 1.54) is 4.88 Å². The number of fused-ring (bicyclic) bond motifs is 1. The molecule has 0 saturated carbocycles. The predicted molar refractivity (Wildman–Crippen MR) is 150 cm³/mol. The molecular weight excluding hydrogens is 482 g/mol. The largest absolute Gasteiger partial charge is 0.352 e. The summed E-state index contributed by atoms with van der Waals surface area (Å²) < 4.78 is 0. The number of nitrogens with zero attached hydrogens (tertiary/aromatic N) is 7. The smallest absolute Gasteiger partial charge is 0.227 e. The molecule has 1 aromatic carbocycles. The van der Waals surface area contributed by atoms with Crippen LogP contribution in [0.15, 0.2) is 71.4 Å². The summed E-state index contributed by atoms with van der Waals surface area (Å²) in [5.41, 5.74) is 2.70. The van der Waals surface area contributed by atoms with E-state index >= 15 is 0 Å². The summed E-state index contributed by atoms with van der Waals surface area (Å²) in [7, 11) is 0. The minimum atomic E-state index is 0.121. The lowest BCUT2D eigenvalue weighted by Crippen LogP contribution is -2.49. The molecule has 37 heavy (non-hydrogen) atoms. The summed E-state index contributed by atoms with van der Waals surface area (Å²) in [6.07, 6.45) is 9.98. The van der Waals surface area contributed by atoms with E-state index in [1.807, 2.05) is 40.3 Å². The molecule has 2 aromatic heterocycles. The second-order valence-electron chi connectivity index (χ2n) is 9.31. The first-order valence-electron chi connectivity index (χ1n) is 13.0. The Bertz CT molecular complexity index is 1320. The summed E-state index contributed by atoms with van der Waals surface area (Å²) >= 11 is 1.73. The summed E-state index contributed by atoms with van der Waals surface area (Å²) in [5.74, 6) is 1.09. The first-order chi connectivity index (χ1) is 18.1. The number of para-hydroxylation sites is 1. The molecule has 1 saturated heterocycles. The Balaban J connectivity index is 1.27. The average molecular weight is 516 g/mol. The van der Waals surface area contributed by atoms with Gasteiger partial charge in [0.2, 0.25) is 5.91 Å². The molecule has 0 spiro atoms. The zero-order chi connectivity index (χ0) is 25.6. The van der Waals surface area contributed by atoms with E-state index in [9.17, 15) is 4.79 Å². The third-order valence-electron chi connectivity index (χ3n) is 6.84. The fraction of sp³-hybridized carbons (Fsp3) is 0.393. The number of aryl methyl sites for hydroxylation is 1. The van der Waals surface area contributed by atoms with Gasteiger partial charge in [0, 0.05) is 36.8 Å². The number of piperazine rings is 1. The van der Waals surface area contributed by atoms with Crippen LogP contribution >= 0.6 is 11.3 Å². The number of carbonyl (C=O) groups is 1. The molecule has 8 nitrogen and oxygen atoms in total. The van der Waals surface area contributed by atoms with Gasteiger partial charge in [-0.3, -0.25) is 4.79 Å². The van der Waals surface area contributed by atoms with Crippen molar-refractivity contribution >= 4 is 39.0 Å². The minimum absolute atomic E-state index is 0.121. The van der Waals surface area contributed by atoms with Crippen LogP contribution in [0.25, 0.3) is 10.2 Å². The van der Waals surface area contributed by atoms with Gasteiger partial charge in [0.1, 0.15) is 17.0 Å². The van der Waals surface area contributed by atoms with Crippen molar-refractivity contribution in [2.45, 2.75) is 39.0 Å².